The molecule has 1 fully saturated rings. The number of quaternary nitrogens is 1. The maximum atomic E-state index is 12.8. The van der Waals surface area contributed by atoms with Crippen LogP contribution in [-0.2, 0) is 9.59 Å². The summed E-state index contributed by atoms with van der Waals surface area (Å²) >= 11 is 0. The fourth-order valence-electron chi connectivity index (χ4n) is 3.86. The summed E-state index contributed by atoms with van der Waals surface area (Å²) in [7, 11) is 0. The number of amides is 2. The van der Waals surface area contributed by atoms with Crippen LogP contribution in [0.1, 0.15) is 11.1 Å². The van der Waals surface area contributed by atoms with Crippen molar-refractivity contribution in [1.29, 1.82) is 0 Å². The maximum absolute atomic E-state index is 12.8. The first kappa shape index (κ1) is 20.2. The van der Waals surface area contributed by atoms with Crippen molar-refractivity contribution in [1.82, 2.24) is 4.90 Å². The molecule has 0 unspecified atom stereocenters. The van der Waals surface area contributed by atoms with Gasteiger partial charge < -0.3 is 24.6 Å². The summed E-state index contributed by atoms with van der Waals surface area (Å²) < 4.78 is 11.5. The van der Waals surface area contributed by atoms with Crippen LogP contribution in [0.2, 0.25) is 0 Å². The summed E-state index contributed by atoms with van der Waals surface area (Å²) in [5.41, 5.74) is 3.03. The van der Waals surface area contributed by atoms with Crippen molar-refractivity contribution in [2.45, 2.75) is 20.0 Å². The van der Waals surface area contributed by atoms with Gasteiger partial charge in [0.15, 0.2) is 18.0 Å². The van der Waals surface area contributed by atoms with E-state index in [0.29, 0.717) is 31.1 Å². The molecule has 2 aromatic rings. The molecule has 7 heteroatoms. The molecular formula is C23H28N3O4+. The van der Waals surface area contributed by atoms with Crippen molar-refractivity contribution >= 4 is 17.5 Å². The molecule has 30 heavy (non-hydrogen) atoms. The van der Waals surface area contributed by atoms with E-state index in [2.05, 4.69) is 5.32 Å². The number of anilines is 1. The number of carbonyl (C=O) groups is 2. The van der Waals surface area contributed by atoms with Gasteiger partial charge in [-0.15, -0.1) is 0 Å². The van der Waals surface area contributed by atoms with Crippen molar-refractivity contribution in [3.05, 3.63) is 53.6 Å². The zero-order valence-electron chi connectivity index (χ0n) is 17.4. The van der Waals surface area contributed by atoms with Crippen LogP contribution in [-0.4, -0.2) is 62.1 Å². The van der Waals surface area contributed by atoms with Crippen LogP contribution < -0.4 is 19.7 Å². The number of rotatable bonds is 4. The monoisotopic (exact) mass is 410 g/mol. The third-order valence-corrected chi connectivity index (χ3v) is 5.64. The van der Waals surface area contributed by atoms with Crippen molar-refractivity contribution in [2.75, 3.05) is 44.6 Å². The molecule has 0 bridgehead atoms. The highest BCUT2D eigenvalue weighted by atomic mass is 16.6. The first-order valence-corrected chi connectivity index (χ1v) is 10.4. The Kier molecular flexibility index (Phi) is 5.90. The lowest BCUT2D eigenvalue weighted by molar-refractivity contribution is -0.895. The zero-order valence-corrected chi connectivity index (χ0v) is 17.4. The number of nitrogens with zero attached hydrogens (tertiary/aromatic N) is 1. The van der Waals surface area contributed by atoms with E-state index < -0.39 is 6.10 Å². The van der Waals surface area contributed by atoms with Gasteiger partial charge >= 0.3 is 0 Å². The van der Waals surface area contributed by atoms with E-state index in [1.807, 2.05) is 61.2 Å². The Balaban J connectivity index is 1.26. The molecule has 0 aromatic heterocycles. The molecule has 2 aromatic carbocycles. The van der Waals surface area contributed by atoms with Gasteiger partial charge in [-0.2, -0.15) is 0 Å². The molecule has 2 N–H and O–H groups in total. The van der Waals surface area contributed by atoms with E-state index in [0.717, 1.165) is 29.9 Å². The van der Waals surface area contributed by atoms with Crippen LogP contribution in [0.25, 0.3) is 0 Å². The van der Waals surface area contributed by atoms with Crippen LogP contribution in [0.4, 0.5) is 5.69 Å². The average Bonchev–Trinajstić information content (AvgIpc) is 2.76. The lowest BCUT2D eigenvalue weighted by Crippen LogP contribution is -3.15. The Labute approximate surface area is 176 Å². The Morgan fingerprint density at radius 3 is 2.60 bits per heavy atom. The zero-order chi connectivity index (χ0) is 21.1. The number of ether oxygens (including phenoxy) is 2. The number of hydrogen-bond acceptors (Lipinski definition) is 4. The minimum atomic E-state index is -0.617. The molecule has 2 aliphatic rings. The van der Waals surface area contributed by atoms with Crippen LogP contribution in [0.5, 0.6) is 11.5 Å². The molecule has 4 rings (SSSR count). The van der Waals surface area contributed by atoms with Crippen LogP contribution >= 0.6 is 0 Å². The van der Waals surface area contributed by atoms with E-state index in [-0.39, 0.29) is 18.4 Å². The predicted octanol–water partition coefficient (Wildman–Crippen LogP) is 0.809. The molecular weight excluding hydrogens is 382 g/mol. The number of carbonyl (C=O) groups excluding carboxylic acids is 2. The number of fused-ring (bicyclic) bond motifs is 1. The first-order valence-electron chi connectivity index (χ1n) is 10.4. The minimum absolute atomic E-state index is 0.000836. The fourth-order valence-corrected chi connectivity index (χ4v) is 3.86. The summed E-state index contributed by atoms with van der Waals surface area (Å²) in [6.45, 7) is 7.29. The molecule has 1 saturated heterocycles. The normalized spacial score (nSPS) is 18.7. The van der Waals surface area contributed by atoms with Gasteiger partial charge in [0.25, 0.3) is 11.8 Å². The van der Waals surface area contributed by atoms with E-state index >= 15 is 0 Å². The molecule has 0 aliphatic carbocycles. The third kappa shape index (κ3) is 4.57. The van der Waals surface area contributed by atoms with Gasteiger partial charge in [0.2, 0.25) is 6.10 Å². The molecule has 0 saturated carbocycles. The highest BCUT2D eigenvalue weighted by molar-refractivity contribution is 5.92. The van der Waals surface area contributed by atoms with Crippen LogP contribution in [0.15, 0.2) is 42.5 Å². The third-order valence-electron chi connectivity index (χ3n) is 5.64. The van der Waals surface area contributed by atoms with E-state index in [4.69, 9.17) is 9.47 Å². The number of para-hydroxylation sites is 2. The average molecular weight is 410 g/mol. The van der Waals surface area contributed by atoms with Gasteiger partial charge in [-0.3, -0.25) is 9.59 Å². The molecule has 7 nitrogen and oxygen atoms in total. The molecule has 2 aliphatic heterocycles. The molecule has 2 amide bonds. The number of piperazine rings is 1. The van der Waals surface area contributed by atoms with Crippen LogP contribution in [0.3, 0.4) is 0 Å². The van der Waals surface area contributed by atoms with Gasteiger partial charge in [0, 0.05) is 5.69 Å². The second kappa shape index (κ2) is 8.75. The largest absolute Gasteiger partial charge is 0.485 e. The number of nitrogens with one attached hydrogen (secondary N) is 2. The van der Waals surface area contributed by atoms with Gasteiger partial charge in [0.05, 0.1) is 26.2 Å². The smallest absolute Gasteiger partial charge is 0.279 e. The van der Waals surface area contributed by atoms with Crippen LogP contribution in [0, 0.1) is 13.8 Å². The van der Waals surface area contributed by atoms with Gasteiger partial charge in [-0.1, -0.05) is 24.3 Å². The lowest BCUT2D eigenvalue weighted by Gasteiger charge is -2.35. The summed E-state index contributed by atoms with van der Waals surface area (Å²) in [4.78, 5) is 28.3. The van der Waals surface area contributed by atoms with Crippen molar-refractivity contribution < 1.29 is 24.0 Å². The number of aryl methyl sites for hydroxylation is 2. The molecule has 158 valence electrons. The van der Waals surface area contributed by atoms with Crippen molar-refractivity contribution in [3.63, 3.8) is 0 Å². The topological polar surface area (TPSA) is 72.3 Å². The fraction of sp³-hybridized carbons (Fsp3) is 0.391. The standard InChI is InChI=1S/C23H27N3O4/c1-16-7-8-17(2)18(13-16)24-22(27)14-25-9-11-26(12-10-25)23(28)21-15-29-19-5-3-4-6-20(19)30-21/h3-8,13,21H,9-12,14-15H2,1-2H3,(H,24,27)/p+1/t21-/m0/s1. The Morgan fingerprint density at radius 1 is 1.10 bits per heavy atom. The number of benzene rings is 2. The molecule has 0 spiro atoms. The summed E-state index contributed by atoms with van der Waals surface area (Å²) in [5.74, 6) is 1.22. The van der Waals surface area contributed by atoms with Crippen molar-refractivity contribution in [2.24, 2.45) is 0 Å². The maximum Gasteiger partial charge on any atom is 0.279 e. The van der Waals surface area contributed by atoms with Gasteiger partial charge in [0.1, 0.15) is 6.61 Å². The van der Waals surface area contributed by atoms with Crippen molar-refractivity contribution in [3.8, 4) is 11.5 Å². The minimum Gasteiger partial charge on any atom is -0.485 e. The molecule has 1 atom stereocenters. The highest BCUT2D eigenvalue weighted by Crippen LogP contribution is 2.31. The second-order valence-corrected chi connectivity index (χ2v) is 7.98. The Morgan fingerprint density at radius 2 is 1.83 bits per heavy atom. The second-order valence-electron chi connectivity index (χ2n) is 7.98. The summed E-state index contributed by atoms with van der Waals surface area (Å²) in [6, 6.07) is 13.4. The van der Waals surface area contributed by atoms with E-state index in [1.165, 1.54) is 4.90 Å². The summed E-state index contributed by atoms with van der Waals surface area (Å²) in [5, 5.41) is 3.02. The van der Waals surface area contributed by atoms with E-state index in [1.54, 1.807) is 0 Å². The molecule has 0 radical (unpaired) electrons. The van der Waals surface area contributed by atoms with E-state index in [9.17, 15) is 9.59 Å². The Bertz CT molecular complexity index is 938. The van der Waals surface area contributed by atoms with Gasteiger partial charge in [-0.05, 0) is 43.2 Å². The SMILES string of the molecule is Cc1ccc(C)c(NC(=O)C[NH+]2CCN(C(=O)[C@@H]3COc4ccccc4O3)CC2)c1. The lowest BCUT2D eigenvalue weighted by atomic mass is 10.1. The Hall–Kier alpha value is -3.06. The molecule has 2 heterocycles. The predicted molar refractivity (Wildman–Crippen MR) is 113 cm³/mol. The highest BCUT2D eigenvalue weighted by Gasteiger charge is 2.34. The summed E-state index contributed by atoms with van der Waals surface area (Å²) in [6.07, 6.45) is -0.617. The van der Waals surface area contributed by atoms with Gasteiger partial charge in [-0.25, -0.2) is 0 Å². The first-order chi connectivity index (χ1) is 14.5. The number of hydrogen-bond donors (Lipinski definition) is 2. The quantitative estimate of drug-likeness (QED) is 0.783.